The summed E-state index contributed by atoms with van der Waals surface area (Å²) in [5.74, 6) is 0.479. The van der Waals surface area contributed by atoms with E-state index in [4.69, 9.17) is 9.47 Å². The minimum atomic E-state index is -0.422. The first-order chi connectivity index (χ1) is 8.10. The molecule has 0 N–H and O–H groups in total. The molecule has 0 saturated carbocycles. The van der Waals surface area contributed by atoms with Crippen molar-refractivity contribution in [2.75, 3.05) is 13.7 Å². The van der Waals surface area contributed by atoms with Gasteiger partial charge in [-0.05, 0) is 24.6 Å². The number of rotatable bonds is 5. The van der Waals surface area contributed by atoms with Crippen LogP contribution in [0.1, 0.15) is 17.3 Å². The quantitative estimate of drug-likeness (QED) is 0.592. The Labute approximate surface area is 118 Å². The molecule has 3 nitrogen and oxygen atoms in total. The van der Waals surface area contributed by atoms with Gasteiger partial charge in [0, 0.05) is 0 Å². The number of halogens is 2. The minimum Gasteiger partial charge on any atom is -0.497 e. The predicted molar refractivity (Wildman–Crippen MR) is 74.0 cm³/mol. The standard InChI is InChI=1S/C12H14Br2O3/c1-3-17-12(15)11(14)10(13)8-5-4-6-9(7-8)16-2/h4-7,10-11H,3H2,1-2H3. The zero-order valence-corrected chi connectivity index (χ0v) is 12.8. The molecule has 2 unspecified atom stereocenters. The lowest BCUT2D eigenvalue weighted by Gasteiger charge is -2.16. The fourth-order valence-corrected chi connectivity index (χ4v) is 2.26. The van der Waals surface area contributed by atoms with Crippen LogP contribution in [0.25, 0.3) is 0 Å². The predicted octanol–water partition coefficient (Wildman–Crippen LogP) is 3.46. The van der Waals surface area contributed by atoms with Gasteiger partial charge in [-0.25, -0.2) is 0 Å². The monoisotopic (exact) mass is 364 g/mol. The first kappa shape index (κ1) is 14.5. The van der Waals surface area contributed by atoms with Crippen molar-refractivity contribution < 1.29 is 14.3 Å². The number of alkyl halides is 2. The Morgan fingerprint density at radius 3 is 2.71 bits per heavy atom. The Balaban J connectivity index is 2.80. The van der Waals surface area contributed by atoms with Crippen LogP contribution in [0.15, 0.2) is 24.3 Å². The molecule has 0 aliphatic rings. The van der Waals surface area contributed by atoms with Crippen LogP contribution in [0.4, 0.5) is 0 Å². The fraction of sp³-hybridized carbons (Fsp3) is 0.417. The van der Waals surface area contributed by atoms with Gasteiger partial charge >= 0.3 is 5.97 Å². The average molecular weight is 366 g/mol. The molecule has 0 aliphatic carbocycles. The molecule has 0 bridgehead atoms. The molecule has 0 fully saturated rings. The molecule has 17 heavy (non-hydrogen) atoms. The highest BCUT2D eigenvalue weighted by Crippen LogP contribution is 2.33. The van der Waals surface area contributed by atoms with Crippen LogP contribution in [-0.4, -0.2) is 24.5 Å². The summed E-state index contributed by atoms with van der Waals surface area (Å²) in [7, 11) is 1.61. The van der Waals surface area contributed by atoms with Crippen molar-refractivity contribution in [1.29, 1.82) is 0 Å². The van der Waals surface area contributed by atoms with Crippen molar-refractivity contribution in [3.05, 3.63) is 29.8 Å². The van der Waals surface area contributed by atoms with Crippen LogP contribution < -0.4 is 4.74 Å². The van der Waals surface area contributed by atoms with E-state index in [9.17, 15) is 4.79 Å². The number of methoxy groups -OCH3 is 1. The van der Waals surface area contributed by atoms with E-state index in [1.165, 1.54) is 0 Å². The number of carbonyl (C=O) groups excluding carboxylic acids is 1. The van der Waals surface area contributed by atoms with E-state index in [0.717, 1.165) is 11.3 Å². The molecule has 1 aromatic carbocycles. The third-order valence-corrected chi connectivity index (χ3v) is 4.85. The van der Waals surface area contributed by atoms with Crippen molar-refractivity contribution in [2.45, 2.75) is 16.6 Å². The summed E-state index contributed by atoms with van der Waals surface area (Å²) in [6, 6.07) is 7.55. The lowest BCUT2D eigenvalue weighted by molar-refractivity contribution is -0.142. The Kier molecular flexibility index (Phi) is 5.98. The highest BCUT2D eigenvalue weighted by molar-refractivity contribution is 9.12. The van der Waals surface area contributed by atoms with Crippen LogP contribution in [0.3, 0.4) is 0 Å². The number of esters is 1. The van der Waals surface area contributed by atoms with Gasteiger partial charge in [-0.1, -0.05) is 44.0 Å². The molecule has 94 valence electrons. The van der Waals surface area contributed by atoms with E-state index in [2.05, 4.69) is 31.9 Å². The van der Waals surface area contributed by atoms with Gasteiger partial charge in [0.25, 0.3) is 0 Å². The largest absolute Gasteiger partial charge is 0.497 e. The molecule has 0 amide bonds. The second-order valence-electron chi connectivity index (χ2n) is 3.33. The number of hydrogen-bond acceptors (Lipinski definition) is 3. The molecule has 1 rings (SSSR count). The number of carbonyl (C=O) groups is 1. The first-order valence-electron chi connectivity index (χ1n) is 5.18. The van der Waals surface area contributed by atoms with Crippen LogP contribution >= 0.6 is 31.9 Å². The second-order valence-corrected chi connectivity index (χ2v) is 5.31. The van der Waals surface area contributed by atoms with Gasteiger partial charge in [0.05, 0.1) is 18.5 Å². The molecular weight excluding hydrogens is 352 g/mol. The van der Waals surface area contributed by atoms with E-state index in [1.54, 1.807) is 14.0 Å². The highest BCUT2D eigenvalue weighted by atomic mass is 79.9. The van der Waals surface area contributed by atoms with Crippen LogP contribution in [0.2, 0.25) is 0 Å². The molecule has 0 radical (unpaired) electrons. The Bertz CT molecular complexity index is 382. The SMILES string of the molecule is CCOC(=O)C(Br)C(Br)c1cccc(OC)c1. The Hall–Kier alpha value is -0.550. The van der Waals surface area contributed by atoms with Crippen LogP contribution in [0.5, 0.6) is 5.75 Å². The lowest BCUT2D eigenvalue weighted by atomic mass is 10.1. The van der Waals surface area contributed by atoms with Crippen molar-refractivity contribution in [2.24, 2.45) is 0 Å². The smallest absolute Gasteiger partial charge is 0.321 e. The second kappa shape index (κ2) is 7.01. The fourth-order valence-electron chi connectivity index (χ4n) is 1.32. The van der Waals surface area contributed by atoms with Gasteiger partial charge < -0.3 is 9.47 Å². The molecule has 0 heterocycles. The topological polar surface area (TPSA) is 35.5 Å². The molecule has 0 spiro atoms. The third-order valence-electron chi connectivity index (χ3n) is 2.18. The zero-order valence-electron chi connectivity index (χ0n) is 9.65. The van der Waals surface area contributed by atoms with Crippen molar-refractivity contribution in [3.8, 4) is 5.75 Å². The summed E-state index contributed by atoms with van der Waals surface area (Å²) in [5.41, 5.74) is 0.958. The molecule has 2 atom stereocenters. The van der Waals surface area contributed by atoms with Gasteiger partial charge in [0.1, 0.15) is 10.6 Å². The van der Waals surface area contributed by atoms with Crippen LogP contribution in [-0.2, 0) is 9.53 Å². The molecular formula is C12H14Br2O3. The lowest BCUT2D eigenvalue weighted by Crippen LogP contribution is -2.21. The van der Waals surface area contributed by atoms with Gasteiger partial charge in [-0.2, -0.15) is 0 Å². The van der Waals surface area contributed by atoms with Gasteiger partial charge in [-0.3, -0.25) is 4.79 Å². The summed E-state index contributed by atoms with van der Waals surface area (Å²) in [6.45, 7) is 2.16. The zero-order chi connectivity index (χ0) is 12.8. The third kappa shape index (κ3) is 4.00. The van der Waals surface area contributed by atoms with E-state index < -0.39 is 4.83 Å². The van der Waals surface area contributed by atoms with Gasteiger partial charge in [-0.15, -0.1) is 0 Å². The summed E-state index contributed by atoms with van der Waals surface area (Å²) >= 11 is 6.81. The maximum atomic E-state index is 11.6. The number of hydrogen-bond donors (Lipinski definition) is 0. The maximum absolute atomic E-state index is 11.6. The van der Waals surface area contributed by atoms with Gasteiger partial charge in [0.2, 0.25) is 0 Å². The van der Waals surface area contributed by atoms with E-state index in [-0.39, 0.29) is 10.8 Å². The van der Waals surface area contributed by atoms with Crippen molar-refractivity contribution in [3.63, 3.8) is 0 Å². The minimum absolute atomic E-state index is 0.156. The summed E-state index contributed by atoms with van der Waals surface area (Å²) in [6.07, 6.45) is 0. The maximum Gasteiger partial charge on any atom is 0.321 e. The highest BCUT2D eigenvalue weighted by Gasteiger charge is 2.26. The molecule has 5 heteroatoms. The first-order valence-corrected chi connectivity index (χ1v) is 7.02. The Morgan fingerprint density at radius 2 is 2.12 bits per heavy atom. The molecule has 0 aromatic heterocycles. The molecule has 1 aromatic rings. The summed E-state index contributed by atoms with van der Waals surface area (Å²) in [5, 5.41) is 0. The average Bonchev–Trinajstić information content (AvgIpc) is 2.37. The normalized spacial score (nSPS) is 13.9. The van der Waals surface area contributed by atoms with E-state index in [0.29, 0.717) is 6.61 Å². The number of benzene rings is 1. The molecule has 0 aliphatic heterocycles. The molecule has 0 saturated heterocycles. The van der Waals surface area contributed by atoms with Gasteiger partial charge in [0.15, 0.2) is 0 Å². The summed E-state index contributed by atoms with van der Waals surface area (Å²) in [4.78, 5) is 11.0. The van der Waals surface area contributed by atoms with Crippen LogP contribution in [0, 0.1) is 0 Å². The number of ether oxygens (including phenoxy) is 2. The summed E-state index contributed by atoms with van der Waals surface area (Å²) < 4.78 is 10.1. The van der Waals surface area contributed by atoms with E-state index in [1.807, 2.05) is 24.3 Å². The van der Waals surface area contributed by atoms with E-state index >= 15 is 0 Å². The van der Waals surface area contributed by atoms with Crippen molar-refractivity contribution in [1.82, 2.24) is 0 Å². The Morgan fingerprint density at radius 1 is 1.41 bits per heavy atom. The van der Waals surface area contributed by atoms with Crippen molar-refractivity contribution >= 4 is 37.8 Å².